The molecule has 0 aliphatic rings. The number of hydrogen-bond donors (Lipinski definition) is 2. The average molecular weight is 269 g/mol. The van der Waals surface area contributed by atoms with E-state index in [0.29, 0.717) is 6.04 Å². The quantitative estimate of drug-likeness (QED) is 0.828. The predicted molar refractivity (Wildman–Crippen MR) is 80.4 cm³/mol. The van der Waals surface area contributed by atoms with Gasteiger partial charge in [-0.25, -0.2) is 0 Å². The van der Waals surface area contributed by atoms with Crippen LogP contribution in [-0.4, -0.2) is 24.7 Å². The summed E-state index contributed by atoms with van der Waals surface area (Å²) in [4.78, 5) is 0. The first-order valence-corrected chi connectivity index (χ1v) is 6.97. The van der Waals surface area contributed by atoms with Crippen molar-refractivity contribution >= 4 is 11.6 Å². The van der Waals surface area contributed by atoms with Gasteiger partial charge in [0, 0.05) is 23.1 Å². The molecule has 102 valence electrons. The van der Waals surface area contributed by atoms with Crippen LogP contribution in [0.3, 0.4) is 0 Å². The lowest BCUT2D eigenvalue weighted by atomic mass is 10.1. The lowest BCUT2D eigenvalue weighted by Crippen LogP contribution is -2.44. The van der Waals surface area contributed by atoms with Gasteiger partial charge in [0.05, 0.1) is 0 Å². The number of rotatable bonds is 6. The standard InChI is InChI=1S/C15H25ClN2/c1-12(11-18-15(2,3)4)17-9-8-13-6-5-7-14(16)10-13/h5-7,10,12,17-18H,8-9,11H2,1-4H3. The van der Waals surface area contributed by atoms with Crippen molar-refractivity contribution in [3.63, 3.8) is 0 Å². The lowest BCUT2D eigenvalue weighted by Gasteiger charge is -2.24. The van der Waals surface area contributed by atoms with Crippen molar-refractivity contribution < 1.29 is 0 Å². The molecule has 0 spiro atoms. The largest absolute Gasteiger partial charge is 0.313 e. The van der Waals surface area contributed by atoms with E-state index in [-0.39, 0.29) is 5.54 Å². The third-order valence-corrected chi connectivity index (χ3v) is 2.97. The van der Waals surface area contributed by atoms with Gasteiger partial charge in [-0.3, -0.25) is 0 Å². The highest BCUT2D eigenvalue weighted by Crippen LogP contribution is 2.10. The van der Waals surface area contributed by atoms with E-state index in [0.717, 1.165) is 24.5 Å². The maximum absolute atomic E-state index is 5.96. The number of hydrogen-bond acceptors (Lipinski definition) is 2. The zero-order valence-corrected chi connectivity index (χ0v) is 12.6. The maximum Gasteiger partial charge on any atom is 0.0408 e. The van der Waals surface area contributed by atoms with Crippen LogP contribution in [0, 0.1) is 0 Å². The molecule has 0 fully saturated rings. The summed E-state index contributed by atoms with van der Waals surface area (Å²) in [6, 6.07) is 8.53. The Hall–Kier alpha value is -0.570. The molecule has 3 heteroatoms. The highest BCUT2D eigenvalue weighted by molar-refractivity contribution is 6.30. The van der Waals surface area contributed by atoms with Crippen LogP contribution in [0.25, 0.3) is 0 Å². The molecular weight excluding hydrogens is 244 g/mol. The third kappa shape index (κ3) is 7.00. The molecule has 0 heterocycles. The Balaban J connectivity index is 2.21. The van der Waals surface area contributed by atoms with E-state index in [1.54, 1.807) is 0 Å². The van der Waals surface area contributed by atoms with E-state index in [2.05, 4.69) is 44.4 Å². The molecule has 2 N–H and O–H groups in total. The van der Waals surface area contributed by atoms with Crippen molar-refractivity contribution in [3.05, 3.63) is 34.9 Å². The second-order valence-corrected chi connectivity index (χ2v) is 6.30. The molecule has 0 aliphatic carbocycles. The summed E-state index contributed by atoms with van der Waals surface area (Å²) < 4.78 is 0. The van der Waals surface area contributed by atoms with Gasteiger partial charge in [0.25, 0.3) is 0 Å². The van der Waals surface area contributed by atoms with Gasteiger partial charge >= 0.3 is 0 Å². The van der Waals surface area contributed by atoms with Gasteiger partial charge < -0.3 is 10.6 Å². The van der Waals surface area contributed by atoms with Gasteiger partial charge in [-0.1, -0.05) is 23.7 Å². The zero-order chi connectivity index (χ0) is 13.6. The predicted octanol–water partition coefficient (Wildman–Crippen LogP) is 3.25. The minimum Gasteiger partial charge on any atom is -0.313 e. The summed E-state index contributed by atoms with van der Waals surface area (Å²) in [6.07, 6.45) is 1.01. The van der Waals surface area contributed by atoms with Gasteiger partial charge in [-0.05, 0) is 58.4 Å². The fourth-order valence-electron chi connectivity index (χ4n) is 1.69. The Kier molecular flexibility index (Phi) is 6.13. The molecule has 0 amide bonds. The Bertz CT molecular complexity index is 358. The molecule has 0 aromatic heterocycles. The van der Waals surface area contributed by atoms with Gasteiger partial charge in [0.2, 0.25) is 0 Å². The van der Waals surface area contributed by atoms with Crippen molar-refractivity contribution in [1.82, 2.24) is 10.6 Å². The van der Waals surface area contributed by atoms with Gasteiger partial charge in [-0.2, -0.15) is 0 Å². The lowest BCUT2D eigenvalue weighted by molar-refractivity contribution is 0.389. The number of benzene rings is 1. The van der Waals surface area contributed by atoms with E-state index in [4.69, 9.17) is 11.6 Å². The fourth-order valence-corrected chi connectivity index (χ4v) is 1.90. The first-order valence-electron chi connectivity index (χ1n) is 6.60. The summed E-state index contributed by atoms with van der Waals surface area (Å²) >= 11 is 5.96. The van der Waals surface area contributed by atoms with E-state index < -0.39 is 0 Å². The molecule has 0 bridgehead atoms. The second kappa shape index (κ2) is 7.13. The van der Waals surface area contributed by atoms with Crippen LogP contribution in [0.5, 0.6) is 0 Å². The van der Waals surface area contributed by atoms with Crippen LogP contribution in [0.1, 0.15) is 33.3 Å². The molecular formula is C15H25ClN2. The van der Waals surface area contributed by atoms with Crippen LogP contribution in [0.2, 0.25) is 5.02 Å². The Morgan fingerprint density at radius 1 is 1.28 bits per heavy atom. The Morgan fingerprint density at radius 2 is 2.00 bits per heavy atom. The van der Waals surface area contributed by atoms with Gasteiger partial charge in [0.1, 0.15) is 0 Å². The summed E-state index contributed by atoms with van der Waals surface area (Å²) in [7, 11) is 0. The highest BCUT2D eigenvalue weighted by atomic mass is 35.5. The van der Waals surface area contributed by atoms with Crippen LogP contribution in [0.4, 0.5) is 0 Å². The first-order chi connectivity index (χ1) is 8.37. The maximum atomic E-state index is 5.96. The molecule has 0 radical (unpaired) electrons. The average Bonchev–Trinajstić information content (AvgIpc) is 2.25. The van der Waals surface area contributed by atoms with E-state index in [1.807, 2.05) is 18.2 Å². The molecule has 1 aromatic carbocycles. The number of halogens is 1. The second-order valence-electron chi connectivity index (χ2n) is 5.87. The molecule has 2 nitrogen and oxygen atoms in total. The summed E-state index contributed by atoms with van der Waals surface area (Å²) in [5, 5.41) is 7.83. The van der Waals surface area contributed by atoms with E-state index in [1.165, 1.54) is 5.56 Å². The zero-order valence-electron chi connectivity index (χ0n) is 11.9. The third-order valence-electron chi connectivity index (χ3n) is 2.73. The van der Waals surface area contributed by atoms with Crippen LogP contribution >= 0.6 is 11.6 Å². The molecule has 1 unspecified atom stereocenters. The van der Waals surface area contributed by atoms with Gasteiger partial charge in [-0.15, -0.1) is 0 Å². The molecule has 1 rings (SSSR count). The molecule has 1 aromatic rings. The van der Waals surface area contributed by atoms with E-state index >= 15 is 0 Å². The molecule has 0 saturated carbocycles. The van der Waals surface area contributed by atoms with Crippen molar-refractivity contribution in [2.24, 2.45) is 0 Å². The van der Waals surface area contributed by atoms with Crippen molar-refractivity contribution in [2.75, 3.05) is 13.1 Å². The fraction of sp³-hybridized carbons (Fsp3) is 0.600. The smallest absolute Gasteiger partial charge is 0.0408 e. The first kappa shape index (κ1) is 15.5. The van der Waals surface area contributed by atoms with Crippen molar-refractivity contribution in [3.8, 4) is 0 Å². The minimum atomic E-state index is 0.183. The van der Waals surface area contributed by atoms with Crippen LogP contribution < -0.4 is 10.6 Å². The Morgan fingerprint density at radius 3 is 2.61 bits per heavy atom. The monoisotopic (exact) mass is 268 g/mol. The van der Waals surface area contributed by atoms with Crippen molar-refractivity contribution in [1.29, 1.82) is 0 Å². The van der Waals surface area contributed by atoms with E-state index in [9.17, 15) is 0 Å². The summed E-state index contributed by atoms with van der Waals surface area (Å²) in [5.41, 5.74) is 1.47. The molecule has 18 heavy (non-hydrogen) atoms. The highest BCUT2D eigenvalue weighted by Gasteiger charge is 2.10. The molecule has 0 saturated heterocycles. The van der Waals surface area contributed by atoms with Crippen LogP contribution in [-0.2, 0) is 6.42 Å². The normalized spacial score (nSPS) is 13.6. The van der Waals surface area contributed by atoms with Gasteiger partial charge in [0.15, 0.2) is 0 Å². The topological polar surface area (TPSA) is 24.1 Å². The SMILES string of the molecule is CC(CNC(C)(C)C)NCCc1cccc(Cl)c1. The van der Waals surface area contributed by atoms with Crippen LogP contribution in [0.15, 0.2) is 24.3 Å². The summed E-state index contributed by atoms with van der Waals surface area (Å²) in [5.74, 6) is 0. The Labute approximate surface area is 116 Å². The van der Waals surface area contributed by atoms with Crippen molar-refractivity contribution in [2.45, 2.75) is 45.7 Å². The molecule has 1 atom stereocenters. The summed E-state index contributed by atoms with van der Waals surface area (Å²) in [6.45, 7) is 10.7. The molecule has 0 aliphatic heterocycles. The minimum absolute atomic E-state index is 0.183. The number of nitrogens with one attached hydrogen (secondary N) is 2.